The van der Waals surface area contributed by atoms with E-state index in [0.29, 0.717) is 42.8 Å². The van der Waals surface area contributed by atoms with Crippen LogP contribution in [0.1, 0.15) is 70.9 Å². The van der Waals surface area contributed by atoms with Crippen molar-refractivity contribution in [2.45, 2.75) is 76.5 Å². The van der Waals surface area contributed by atoms with E-state index in [1.54, 1.807) is 16.4 Å². The number of ether oxygens (including phenoxy) is 1. The van der Waals surface area contributed by atoms with Crippen LogP contribution in [-0.4, -0.2) is 38.4 Å². The van der Waals surface area contributed by atoms with Crippen molar-refractivity contribution in [1.29, 1.82) is 0 Å². The molecule has 2 aromatic carbocycles. The monoisotopic (exact) mass is 511 g/mol. The largest absolute Gasteiger partial charge is 0.466 e. The maximum Gasteiger partial charge on any atom is 0.306 e. The molecule has 4 rings (SSSR count). The predicted molar refractivity (Wildman–Crippen MR) is 143 cm³/mol. The smallest absolute Gasteiger partial charge is 0.306 e. The highest BCUT2D eigenvalue weighted by atomic mass is 32.2. The summed E-state index contributed by atoms with van der Waals surface area (Å²) in [6.07, 6.45) is 4.96. The SMILES string of the molecule is CCOC(=O)CC1CCC2(Cc3ccccc3)CN(S(=O)(=O)c3ccc(C(C)(C)C)cc3)CCC2C1. The average molecular weight is 512 g/mol. The molecule has 0 bridgehead atoms. The molecule has 1 heterocycles. The molecule has 1 saturated heterocycles. The predicted octanol–water partition coefficient (Wildman–Crippen LogP) is 5.98. The first-order valence-electron chi connectivity index (χ1n) is 13.3. The van der Waals surface area contributed by atoms with Crippen LogP contribution >= 0.6 is 0 Å². The highest BCUT2D eigenvalue weighted by Gasteiger charge is 2.49. The Kier molecular flexibility index (Phi) is 7.96. The van der Waals surface area contributed by atoms with Gasteiger partial charge in [0.25, 0.3) is 0 Å². The van der Waals surface area contributed by atoms with Gasteiger partial charge in [0.05, 0.1) is 11.5 Å². The van der Waals surface area contributed by atoms with Crippen molar-refractivity contribution in [1.82, 2.24) is 4.31 Å². The number of carbonyl (C=O) groups is 1. The van der Waals surface area contributed by atoms with Gasteiger partial charge in [-0.3, -0.25) is 4.79 Å². The van der Waals surface area contributed by atoms with Gasteiger partial charge in [0.2, 0.25) is 10.0 Å². The van der Waals surface area contributed by atoms with Gasteiger partial charge >= 0.3 is 5.97 Å². The van der Waals surface area contributed by atoms with E-state index in [1.807, 2.05) is 25.1 Å². The molecule has 3 unspecified atom stereocenters. The number of esters is 1. The number of fused-ring (bicyclic) bond motifs is 1. The quantitative estimate of drug-likeness (QED) is 0.429. The molecular weight excluding hydrogens is 470 g/mol. The zero-order valence-electron chi connectivity index (χ0n) is 22.2. The van der Waals surface area contributed by atoms with Crippen molar-refractivity contribution < 1.29 is 17.9 Å². The highest BCUT2D eigenvalue weighted by Crippen LogP contribution is 2.51. The van der Waals surface area contributed by atoms with Crippen LogP contribution in [0.5, 0.6) is 0 Å². The molecule has 5 nitrogen and oxygen atoms in total. The zero-order chi connectivity index (χ0) is 26.0. The van der Waals surface area contributed by atoms with E-state index in [1.165, 1.54) is 5.56 Å². The maximum atomic E-state index is 13.8. The Morgan fingerprint density at radius 2 is 1.75 bits per heavy atom. The molecular formula is C30H41NO4S. The van der Waals surface area contributed by atoms with Gasteiger partial charge in [0, 0.05) is 19.5 Å². The van der Waals surface area contributed by atoms with Gasteiger partial charge in [-0.15, -0.1) is 0 Å². The number of hydrogen-bond acceptors (Lipinski definition) is 4. The van der Waals surface area contributed by atoms with Gasteiger partial charge in [-0.2, -0.15) is 4.31 Å². The van der Waals surface area contributed by atoms with Crippen molar-refractivity contribution in [3.8, 4) is 0 Å². The molecule has 2 aromatic rings. The van der Waals surface area contributed by atoms with Crippen LogP contribution in [0.4, 0.5) is 0 Å². The number of benzene rings is 2. The van der Waals surface area contributed by atoms with E-state index in [-0.39, 0.29) is 16.8 Å². The lowest BCUT2D eigenvalue weighted by atomic mass is 9.58. The number of nitrogens with zero attached hydrogens (tertiary/aromatic N) is 1. The Hall–Kier alpha value is -2.18. The lowest BCUT2D eigenvalue weighted by Gasteiger charge is -2.52. The third kappa shape index (κ3) is 5.86. The van der Waals surface area contributed by atoms with Crippen molar-refractivity contribution >= 4 is 16.0 Å². The Bertz CT molecular complexity index is 1140. The van der Waals surface area contributed by atoms with E-state index in [2.05, 4.69) is 45.0 Å². The Morgan fingerprint density at radius 1 is 1.06 bits per heavy atom. The van der Waals surface area contributed by atoms with Crippen molar-refractivity contribution in [2.75, 3.05) is 19.7 Å². The third-order valence-corrected chi connectivity index (χ3v) is 10.1. The Balaban J connectivity index is 1.58. The van der Waals surface area contributed by atoms with E-state index in [9.17, 15) is 13.2 Å². The van der Waals surface area contributed by atoms with Crippen molar-refractivity contribution in [2.24, 2.45) is 17.3 Å². The van der Waals surface area contributed by atoms with Crippen LogP contribution in [0.3, 0.4) is 0 Å². The van der Waals surface area contributed by atoms with Crippen molar-refractivity contribution in [3.05, 3.63) is 65.7 Å². The van der Waals surface area contributed by atoms with E-state index in [4.69, 9.17) is 4.74 Å². The normalized spacial score (nSPS) is 25.2. The molecule has 3 atom stereocenters. The summed E-state index contributed by atoms with van der Waals surface area (Å²) < 4.78 is 34.5. The molecule has 0 aromatic heterocycles. The lowest BCUT2D eigenvalue weighted by molar-refractivity contribution is -0.145. The zero-order valence-corrected chi connectivity index (χ0v) is 23.0. The molecule has 0 spiro atoms. The molecule has 0 radical (unpaired) electrons. The van der Waals surface area contributed by atoms with E-state index < -0.39 is 10.0 Å². The van der Waals surface area contributed by atoms with Crippen LogP contribution in [0.2, 0.25) is 0 Å². The second-order valence-electron chi connectivity index (χ2n) is 11.8. The third-order valence-electron chi connectivity index (χ3n) is 8.27. The highest BCUT2D eigenvalue weighted by molar-refractivity contribution is 7.89. The minimum Gasteiger partial charge on any atom is -0.466 e. The molecule has 1 aliphatic heterocycles. The number of rotatable bonds is 7. The summed E-state index contributed by atoms with van der Waals surface area (Å²) in [6, 6.07) is 17.9. The molecule has 1 aliphatic carbocycles. The Morgan fingerprint density at radius 3 is 2.39 bits per heavy atom. The summed E-state index contributed by atoms with van der Waals surface area (Å²) in [4.78, 5) is 12.5. The van der Waals surface area contributed by atoms with Gasteiger partial charge < -0.3 is 4.74 Å². The summed E-state index contributed by atoms with van der Waals surface area (Å²) in [5.41, 5.74) is 2.23. The molecule has 36 heavy (non-hydrogen) atoms. The molecule has 2 fully saturated rings. The molecule has 6 heteroatoms. The first-order chi connectivity index (χ1) is 17.0. The minimum atomic E-state index is -3.59. The summed E-state index contributed by atoms with van der Waals surface area (Å²) >= 11 is 0. The van der Waals surface area contributed by atoms with Crippen LogP contribution in [-0.2, 0) is 31.4 Å². The standard InChI is InChI=1S/C30H41NO4S/c1-5-35-28(32)20-24-15-17-30(21-23-9-7-6-8-10-23)22-31(18-16-26(30)19-24)36(33,34)27-13-11-25(12-14-27)29(2,3)4/h6-14,24,26H,5,15-22H2,1-4H3. The molecule has 196 valence electrons. The fraction of sp³-hybridized carbons (Fsp3) is 0.567. The number of carbonyl (C=O) groups excluding carboxylic acids is 1. The lowest BCUT2D eigenvalue weighted by Crippen LogP contribution is -2.54. The Labute approximate surface area is 217 Å². The first-order valence-corrected chi connectivity index (χ1v) is 14.8. The summed E-state index contributed by atoms with van der Waals surface area (Å²) in [7, 11) is -3.59. The summed E-state index contributed by atoms with van der Waals surface area (Å²) in [6.45, 7) is 9.71. The maximum absolute atomic E-state index is 13.8. The van der Waals surface area contributed by atoms with Gasteiger partial charge in [-0.05, 0) is 85.0 Å². The second kappa shape index (κ2) is 10.7. The fourth-order valence-corrected chi connectivity index (χ4v) is 7.79. The van der Waals surface area contributed by atoms with Gasteiger partial charge in [-0.25, -0.2) is 8.42 Å². The molecule has 0 amide bonds. The minimum absolute atomic E-state index is 0.0252. The van der Waals surface area contributed by atoms with Crippen LogP contribution in [0, 0.1) is 17.3 Å². The number of sulfonamides is 1. The van der Waals surface area contributed by atoms with Crippen LogP contribution in [0.15, 0.2) is 59.5 Å². The van der Waals surface area contributed by atoms with Crippen molar-refractivity contribution in [3.63, 3.8) is 0 Å². The van der Waals surface area contributed by atoms with Crippen LogP contribution < -0.4 is 0 Å². The molecule has 2 aliphatic rings. The first kappa shape index (κ1) is 26.9. The van der Waals surface area contributed by atoms with Gasteiger partial charge in [0.15, 0.2) is 0 Å². The number of hydrogen-bond donors (Lipinski definition) is 0. The second-order valence-corrected chi connectivity index (χ2v) is 13.7. The van der Waals surface area contributed by atoms with E-state index >= 15 is 0 Å². The van der Waals surface area contributed by atoms with E-state index in [0.717, 1.165) is 37.7 Å². The molecule has 1 saturated carbocycles. The fourth-order valence-electron chi connectivity index (χ4n) is 6.24. The average Bonchev–Trinajstić information content (AvgIpc) is 2.84. The van der Waals surface area contributed by atoms with Crippen LogP contribution in [0.25, 0.3) is 0 Å². The summed E-state index contributed by atoms with van der Waals surface area (Å²) in [5, 5.41) is 0. The molecule has 0 N–H and O–H groups in total. The van der Waals surface area contributed by atoms with Gasteiger partial charge in [-0.1, -0.05) is 63.2 Å². The number of piperidine rings is 1. The summed E-state index contributed by atoms with van der Waals surface area (Å²) in [5.74, 6) is 0.587. The van der Waals surface area contributed by atoms with Gasteiger partial charge in [0.1, 0.15) is 0 Å². The topological polar surface area (TPSA) is 63.7 Å².